The highest BCUT2D eigenvalue weighted by atomic mass is 16.5. The van der Waals surface area contributed by atoms with Gasteiger partial charge in [-0.05, 0) is 49.9 Å². The third kappa shape index (κ3) is 2.47. The van der Waals surface area contributed by atoms with Crippen molar-refractivity contribution >= 4 is 0 Å². The SMILES string of the molecule is CCOc1cccc(C2CC(NC)C2CC)c1. The molecule has 1 N–H and O–H groups in total. The third-order valence-electron chi connectivity index (χ3n) is 3.98. The van der Waals surface area contributed by atoms with Crippen molar-refractivity contribution in [3.8, 4) is 5.75 Å². The van der Waals surface area contributed by atoms with Gasteiger partial charge in [0.25, 0.3) is 0 Å². The minimum Gasteiger partial charge on any atom is -0.494 e. The van der Waals surface area contributed by atoms with Crippen molar-refractivity contribution in [2.45, 2.75) is 38.6 Å². The van der Waals surface area contributed by atoms with E-state index in [1.807, 2.05) is 13.0 Å². The summed E-state index contributed by atoms with van der Waals surface area (Å²) in [4.78, 5) is 0. The molecule has 3 atom stereocenters. The number of ether oxygens (including phenoxy) is 1. The Morgan fingerprint density at radius 3 is 2.82 bits per heavy atom. The van der Waals surface area contributed by atoms with Crippen LogP contribution in [0, 0.1) is 5.92 Å². The van der Waals surface area contributed by atoms with E-state index in [1.165, 1.54) is 18.4 Å². The molecule has 0 spiro atoms. The van der Waals surface area contributed by atoms with E-state index in [4.69, 9.17) is 4.74 Å². The molecule has 1 aliphatic carbocycles. The third-order valence-corrected chi connectivity index (χ3v) is 3.98. The summed E-state index contributed by atoms with van der Waals surface area (Å²) in [6.45, 7) is 5.06. The molecule has 0 heterocycles. The van der Waals surface area contributed by atoms with Gasteiger partial charge in [0.05, 0.1) is 6.61 Å². The summed E-state index contributed by atoms with van der Waals surface area (Å²) < 4.78 is 5.57. The average molecular weight is 233 g/mol. The second-order valence-electron chi connectivity index (χ2n) is 4.81. The molecule has 0 aromatic heterocycles. The Hall–Kier alpha value is -1.02. The molecule has 0 aliphatic heterocycles. The van der Waals surface area contributed by atoms with Crippen molar-refractivity contribution in [1.29, 1.82) is 0 Å². The quantitative estimate of drug-likeness (QED) is 0.843. The van der Waals surface area contributed by atoms with Crippen LogP contribution in [0.1, 0.15) is 38.2 Å². The van der Waals surface area contributed by atoms with Crippen molar-refractivity contribution in [2.24, 2.45) is 5.92 Å². The molecule has 17 heavy (non-hydrogen) atoms. The van der Waals surface area contributed by atoms with Crippen LogP contribution in [0.5, 0.6) is 5.75 Å². The van der Waals surface area contributed by atoms with Crippen LogP contribution in [0.2, 0.25) is 0 Å². The van der Waals surface area contributed by atoms with Crippen LogP contribution >= 0.6 is 0 Å². The lowest BCUT2D eigenvalue weighted by Crippen LogP contribution is -2.47. The standard InChI is InChI=1S/C15H23NO/c1-4-13-14(10-15(13)16-3)11-7-6-8-12(9-11)17-5-2/h6-9,13-16H,4-5,10H2,1-3H3. The van der Waals surface area contributed by atoms with Crippen LogP contribution in [0.15, 0.2) is 24.3 Å². The molecule has 1 aromatic carbocycles. The number of benzene rings is 1. The van der Waals surface area contributed by atoms with Gasteiger partial charge in [-0.2, -0.15) is 0 Å². The Kier molecular flexibility index (Phi) is 4.06. The highest BCUT2D eigenvalue weighted by Gasteiger charge is 2.39. The van der Waals surface area contributed by atoms with Crippen LogP contribution in [0.25, 0.3) is 0 Å². The van der Waals surface area contributed by atoms with Crippen LogP contribution in [0.3, 0.4) is 0 Å². The number of hydrogen-bond donors (Lipinski definition) is 1. The van der Waals surface area contributed by atoms with Gasteiger partial charge >= 0.3 is 0 Å². The predicted molar refractivity (Wildman–Crippen MR) is 71.6 cm³/mol. The second-order valence-corrected chi connectivity index (χ2v) is 4.81. The maximum atomic E-state index is 5.57. The average Bonchev–Trinajstić information content (AvgIpc) is 2.30. The molecule has 2 nitrogen and oxygen atoms in total. The van der Waals surface area contributed by atoms with Crippen molar-refractivity contribution in [2.75, 3.05) is 13.7 Å². The number of nitrogens with one attached hydrogen (secondary N) is 1. The summed E-state index contributed by atoms with van der Waals surface area (Å²) in [5, 5.41) is 3.41. The summed E-state index contributed by atoms with van der Waals surface area (Å²) in [6, 6.07) is 9.30. The Bertz CT molecular complexity index is 364. The minimum atomic E-state index is 0.695. The van der Waals surface area contributed by atoms with Gasteiger partial charge in [-0.3, -0.25) is 0 Å². The van der Waals surface area contributed by atoms with E-state index in [0.717, 1.165) is 18.3 Å². The molecule has 1 aliphatic rings. The first-order chi connectivity index (χ1) is 8.30. The molecule has 2 heteroatoms. The Morgan fingerprint density at radius 2 is 2.18 bits per heavy atom. The molecule has 0 radical (unpaired) electrons. The van der Waals surface area contributed by atoms with Crippen LogP contribution in [-0.4, -0.2) is 19.7 Å². The lowest BCUT2D eigenvalue weighted by Gasteiger charge is -2.45. The molecule has 1 fully saturated rings. The van der Waals surface area contributed by atoms with Gasteiger partial charge in [-0.15, -0.1) is 0 Å². The summed E-state index contributed by atoms with van der Waals surface area (Å²) in [5.74, 6) is 2.49. The van der Waals surface area contributed by atoms with Gasteiger partial charge in [0, 0.05) is 6.04 Å². The molecule has 94 valence electrons. The number of hydrogen-bond acceptors (Lipinski definition) is 2. The van der Waals surface area contributed by atoms with Gasteiger partial charge in [0.15, 0.2) is 0 Å². The lowest BCUT2D eigenvalue weighted by molar-refractivity contribution is 0.169. The molecule has 1 saturated carbocycles. The molecule has 0 bridgehead atoms. The van der Waals surface area contributed by atoms with E-state index in [0.29, 0.717) is 12.0 Å². The fourth-order valence-electron chi connectivity index (χ4n) is 2.99. The van der Waals surface area contributed by atoms with Crippen LogP contribution in [-0.2, 0) is 0 Å². The first-order valence-corrected chi connectivity index (χ1v) is 6.70. The maximum Gasteiger partial charge on any atom is 0.119 e. The molecular weight excluding hydrogens is 210 g/mol. The molecule has 1 aromatic rings. The first-order valence-electron chi connectivity index (χ1n) is 6.70. The van der Waals surface area contributed by atoms with Gasteiger partial charge in [-0.25, -0.2) is 0 Å². The number of rotatable bonds is 5. The summed E-state index contributed by atoms with van der Waals surface area (Å²) in [5.41, 5.74) is 1.44. The van der Waals surface area contributed by atoms with E-state index in [1.54, 1.807) is 0 Å². The van der Waals surface area contributed by atoms with E-state index in [-0.39, 0.29) is 0 Å². The lowest BCUT2D eigenvalue weighted by atomic mass is 9.65. The van der Waals surface area contributed by atoms with Gasteiger partial charge in [0.1, 0.15) is 5.75 Å². The predicted octanol–water partition coefficient (Wildman–Crippen LogP) is 3.19. The zero-order valence-corrected chi connectivity index (χ0v) is 11.1. The zero-order chi connectivity index (χ0) is 12.3. The molecule has 2 rings (SSSR count). The van der Waals surface area contributed by atoms with Gasteiger partial charge < -0.3 is 10.1 Å². The van der Waals surface area contributed by atoms with Gasteiger partial charge in [-0.1, -0.05) is 25.5 Å². The molecular formula is C15H23NO. The first kappa shape index (κ1) is 12.4. The second kappa shape index (κ2) is 5.54. The molecule has 0 amide bonds. The zero-order valence-electron chi connectivity index (χ0n) is 11.1. The topological polar surface area (TPSA) is 21.3 Å². The fourth-order valence-corrected chi connectivity index (χ4v) is 2.99. The van der Waals surface area contributed by atoms with Gasteiger partial charge in [0.2, 0.25) is 0 Å². The Labute approximate surface area is 104 Å². The fraction of sp³-hybridized carbons (Fsp3) is 0.600. The highest BCUT2D eigenvalue weighted by Crippen LogP contribution is 2.45. The summed E-state index contributed by atoms with van der Waals surface area (Å²) in [7, 11) is 2.07. The Balaban J connectivity index is 2.10. The monoisotopic (exact) mass is 233 g/mol. The largest absolute Gasteiger partial charge is 0.494 e. The van der Waals surface area contributed by atoms with Crippen molar-refractivity contribution in [3.05, 3.63) is 29.8 Å². The molecule has 3 unspecified atom stereocenters. The summed E-state index contributed by atoms with van der Waals surface area (Å²) in [6.07, 6.45) is 2.50. The maximum absolute atomic E-state index is 5.57. The van der Waals surface area contributed by atoms with Crippen molar-refractivity contribution < 1.29 is 4.74 Å². The van der Waals surface area contributed by atoms with E-state index in [9.17, 15) is 0 Å². The van der Waals surface area contributed by atoms with Crippen molar-refractivity contribution in [1.82, 2.24) is 5.32 Å². The van der Waals surface area contributed by atoms with Crippen molar-refractivity contribution in [3.63, 3.8) is 0 Å². The molecule has 0 saturated heterocycles. The smallest absolute Gasteiger partial charge is 0.119 e. The Morgan fingerprint density at radius 1 is 1.35 bits per heavy atom. The van der Waals surface area contributed by atoms with E-state index < -0.39 is 0 Å². The van der Waals surface area contributed by atoms with Crippen LogP contribution in [0.4, 0.5) is 0 Å². The van der Waals surface area contributed by atoms with Crippen LogP contribution < -0.4 is 10.1 Å². The van der Waals surface area contributed by atoms with E-state index >= 15 is 0 Å². The normalized spacial score (nSPS) is 27.6. The highest BCUT2D eigenvalue weighted by molar-refractivity contribution is 5.33. The summed E-state index contributed by atoms with van der Waals surface area (Å²) >= 11 is 0. The minimum absolute atomic E-state index is 0.695. The van der Waals surface area contributed by atoms with E-state index in [2.05, 4.69) is 37.5 Å².